The summed E-state index contributed by atoms with van der Waals surface area (Å²) in [6, 6.07) is 4.32. The molecule has 4 nitrogen and oxygen atoms in total. The predicted molar refractivity (Wildman–Crippen MR) is 76.9 cm³/mol. The van der Waals surface area contributed by atoms with Gasteiger partial charge in [-0.15, -0.1) is 0 Å². The van der Waals surface area contributed by atoms with Crippen molar-refractivity contribution < 1.29 is 18.7 Å². The molecule has 0 bridgehead atoms. The standard InChI is InChI=1S/C14H17BrFNO3/c1-13(2,3)20-12(19)17-14(4,8-18)11-9(15)6-5-7-10(11)16/h5-8H,1-4H3,(H,17,19). The average molecular weight is 346 g/mol. The van der Waals surface area contributed by atoms with Gasteiger partial charge in [0.15, 0.2) is 0 Å². The monoisotopic (exact) mass is 345 g/mol. The van der Waals surface area contributed by atoms with Gasteiger partial charge in [-0.3, -0.25) is 0 Å². The number of carbonyl (C=O) groups is 2. The maximum atomic E-state index is 13.9. The maximum absolute atomic E-state index is 13.9. The molecule has 0 radical (unpaired) electrons. The summed E-state index contributed by atoms with van der Waals surface area (Å²) in [6.07, 6.45) is -0.317. The molecule has 0 aliphatic carbocycles. The smallest absolute Gasteiger partial charge is 0.408 e. The van der Waals surface area contributed by atoms with Crippen LogP contribution in [0.2, 0.25) is 0 Å². The van der Waals surface area contributed by atoms with E-state index in [-0.39, 0.29) is 5.56 Å². The molecule has 0 aromatic heterocycles. The van der Waals surface area contributed by atoms with Crippen molar-refractivity contribution in [2.24, 2.45) is 0 Å². The van der Waals surface area contributed by atoms with Crippen LogP contribution in [0.15, 0.2) is 22.7 Å². The van der Waals surface area contributed by atoms with Gasteiger partial charge in [-0.25, -0.2) is 9.18 Å². The Balaban J connectivity index is 3.10. The van der Waals surface area contributed by atoms with Crippen molar-refractivity contribution in [2.45, 2.75) is 38.8 Å². The second-order valence-corrected chi connectivity index (χ2v) is 6.40. The normalized spacial score (nSPS) is 14.3. The molecule has 1 aromatic rings. The van der Waals surface area contributed by atoms with E-state index in [2.05, 4.69) is 21.2 Å². The number of rotatable bonds is 3. The highest BCUT2D eigenvalue weighted by atomic mass is 79.9. The lowest BCUT2D eigenvalue weighted by atomic mass is 9.93. The molecule has 0 saturated heterocycles. The predicted octanol–water partition coefficient (Wildman–Crippen LogP) is 3.53. The zero-order chi connectivity index (χ0) is 15.6. The van der Waals surface area contributed by atoms with E-state index in [0.717, 1.165) is 0 Å². The molecular weight excluding hydrogens is 329 g/mol. The van der Waals surface area contributed by atoms with Crippen molar-refractivity contribution in [2.75, 3.05) is 0 Å². The highest BCUT2D eigenvalue weighted by Crippen LogP contribution is 2.29. The Labute approximate surface area is 125 Å². The molecule has 1 aromatic carbocycles. The third kappa shape index (κ3) is 4.03. The molecule has 110 valence electrons. The van der Waals surface area contributed by atoms with E-state index in [1.807, 2.05) is 0 Å². The Kier molecular flexibility index (Phi) is 4.91. The number of nitrogens with one attached hydrogen (secondary N) is 1. The molecular formula is C14H17BrFNO3. The summed E-state index contributed by atoms with van der Waals surface area (Å²) >= 11 is 3.18. The fraction of sp³-hybridized carbons (Fsp3) is 0.429. The summed E-state index contributed by atoms with van der Waals surface area (Å²) in [4.78, 5) is 23.2. The van der Waals surface area contributed by atoms with Crippen LogP contribution in [0, 0.1) is 5.82 Å². The molecule has 1 unspecified atom stereocenters. The third-order valence-corrected chi connectivity index (χ3v) is 3.14. The van der Waals surface area contributed by atoms with Crippen LogP contribution in [0.25, 0.3) is 0 Å². The van der Waals surface area contributed by atoms with Crippen LogP contribution >= 0.6 is 15.9 Å². The van der Waals surface area contributed by atoms with E-state index in [1.165, 1.54) is 19.1 Å². The SMILES string of the molecule is CC(C)(C)OC(=O)NC(C)(C=O)c1c(F)cccc1Br. The number of ether oxygens (including phenoxy) is 1. The minimum absolute atomic E-state index is 0.0564. The fourth-order valence-electron chi connectivity index (χ4n) is 1.66. The Morgan fingerprint density at radius 1 is 1.35 bits per heavy atom. The van der Waals surface area contributed by atoms with E-state index < -0.39 is 23.1 Å². The molecule has 1 N–H and O–H groups in total. The number of carbonyl (C=O) groups excluding carboxylic acids is 2. The Bertz CT molecular complexity index is 507. The van der Waals surface area contributed by atoms with Gasteiger partial charge in [0.1, 0.15) is 23.2 Å². The lowest BCUT2D eigenvalue weighted by Crippen LogP contribution is -2.47. The summed E-state index contributed by atoms with van der Waals surface area (Å²) in [5.74, 6) is -0.593. The molecule has 1 rings (SSSR count). The van der Waals surface area contributed by atoms with Gasteiger partial charge in [0.2, 0.25) is 0 Å². The van der Waals surface area contributed by atoms with Crippen LogP contribution in [0.5, 0.6) is 0 Å². The van der Waals surface area contributed by atoms with Gasteiger partial charge in [-0.05, 0) is 39.8 Å². The molecule has 0 fully saturated rings. The van der Waals surface area contributed by atoms with Crippen molar-refractivity contribution in [3.8, 4) is 0 Å². The van der Waals surface area contributed by atoms with Crippen molar-refractivity contribution in [1.82, 2.24) is 5.32 Å². The number of benzene rings is 1. The molecule has 1 atom stereocenters. The number of amides is 1. The summed E-state index contributed by atoms with van der Waals surface area (Å²) in [7, 11) is 0. The molecule has 0 heterocycles. The largest absolute Gasteiger partial charge is 0.444 e. The van der Waals surface area contributed by atoms with Crippen LogP contribution < -0.4 is 5.32 Å². The zero-order valence-corrected chi connectivity index (χ0v) is 13.4. The fourth-order valence-corrected chi connectivity index (χ4v) is 2.41. The van der Waals surface area contributed by atoms with Crippen molar-refractivity contribution in [3.05, 3.63) is 34.1 Å². The Morgan fingerprint density at radius 2 is 1.95 bits per heavy atom. The van der Waals surface area contributed by atoms with Gasteiger partial charge in [0.25, 0.3) is 0 Å². The summed E-state index contributed by atoms with van der Waals surface area (Å²) < 4.78 is 19.4. The van der Waals surface area contributed by atoms with E-state index in [1.54, 1.807) is 26.8 Å². The molecule has 0 aliphatic heterocycles. The maximum Gasteiger partial charge on any atom is 0.408 e. The minimum Gasteiger partial charge on any atom is -0.444 e. The number of alkyl carbamates (subject to hydrolysis) is 1. The van der Waals surface area contributed by atoms with Gasteiger partial charge in [0.05, 0.1) is 0 Å². The molecule has 0 saturated carbocycles. The lowest BCUT2D eigenvalue weighted by molar-refractivity contribution is -0.113. The minimum atomic E-state index is -1.52. The Morgan fingerprint density at radius 3 is 2.40 bits per heavy atom. The number of halogens is 2. The van der Waals surface area contributed by atoms with Crippen LogP contribution in [-0.2, 0) is 15.1 Å². The van der Waals surface area contributed by atoms with Crippen molar-refractivity contribution in [3.63, 3.8) is 0 Å². The topological polar surface area (TPSA) is 55.4 Å². The highest BCUT2D eigenvalue weighted by molar-refractivity contribution is 9.10. The van der Waals surface area contributed by atoms with Crippen molar-refractivity contribution in [1.29, 1.82) is 0 Å². The van der Waals surface area contributed by atoms with E-state index in [0.29, 0.717) is 10.8 Å². The second-order valence-electron chi connectivity index (χ2n) is 5.54. The van der Waals surface area contributed by atoms with E-state index in [4.69, 9.17) is 4.74 Å². The first-order valence-electron chi connectivity index (χ1n) is 6.01. The lowest BCUT2D eigenvalue weighted by Gasteiger charge is -2.28. The second kappa shape index (κ2) is 5.91. The molecule has 20 heavy (non-hydrogen) atoms. The summed E-state index contributed by atoms with van der Waals surface area (Å²) in [5, 5.41) is 2.40. The van der Waals surface area contributed by atoms with Gasteiger partial charge < -0.3 is 14.8 Å². The van der Waals surface area contributed by atoms with Gasteiger partial charge in [-0.1, -0.05) is 22.0 Å². The van der Waals surface area contributed by atoms with Crippen LogP contribution in [0.4, 0.5) is 9.18 Å². The van der Waals surface area contributed by atoms with E-state index >= 15 is 0 Å². The van der Waals surface area contributed by atoms with E-state index in [9.17, 15) is 14.0 Å². The van der Waals surface area contributed by atoms with Gasteiger partial charge in [0, 0.05) is 10.0 Å². The quantitative estimate of drug-likeness (QED) is 0.852. The zero-order valence-electron chi connectivity index (χ0n) is 11.8. The molecule has 0 aliphatic rings. The first kappa shape index (κ1) is 16.6. The number of hydrogen-bond acceptors (Lipinski definition) is 3. The number of aldehydes is 1. The Hall–Kier alpha value is -1.43. The highest BCUT2D eigenvalue weighted by Gasteiger charge is 2.34. The van der Waals surface area contributed by atoms with Gasteiger partial charge >= 0.3 is 6.09 Å². The summed E-state index contributed by atoms with van der Waals surface area (Å²) in [6.45, 7) is 6.50. The summed E-state index contributed by atoms with van der Waals surface area (Å²) in [5.41, 5.74) is -2.17. The molecule has 0 spiro atoms. The van der Waals surface area contributed by atoms with Crippen LogP contribution in [-0.4, -0.2) is 18.0 Å². The molecule has 1 amide bonds. The van der Waals surface area contributed by atoms with Gasteiger partial charge in [-0.2, -0.15) is 0 Å². The number of hydrogen-bond donors (Lipinski definition) is 1. The molecule has 6 heteroatoms. The van der Waals surface area contributed by atoms with Crippen LogP contribution in [0.1, 0.15) is 33.3 Å². The van der Waals surface area contributed by atoms with Crippen molar-refractivity contribution >= 4 is 28.3 Å². The average Bonchev–Trinajstić information content (AvgIpc) is 2.25. The first-order valence-corrected chi connectivity index (χ1v) is 6.80. The first-order chi connectivity index (χ1) is 9.09. The van der Waals surface area contributed by atoms with Crippen LogP contribution in [0.3, 0.4) is 0 Å². The third-order valence-electron chi connectivity index (χ3n) is 2.48.